The molecule has 0 spiro atoms. The Labute approximate surface area is 181 Å². The Bertz CT molecular complexity index is 1150. The number of sulfone groups is 1. The van der Waals surface area contributed by atoms with Crippen molar-refractivity contribution in [2.75, 3.05) is 24.8 Å². The van der Waals surface area contributed by atoms with Crippen molar-refractivity contribution >= 4 is 37.5 Å². The number of methoxy groups -OCH3 is 1. The van der Waals surface area contributed by atoms with Gasteiger partial charge < -0.3 is 10.1 Å². The molecule has 1 heterocycles. The molecule has 1 amide bonds. The summed E-state index contributed by atoms with van der Waals surface area (Å²) in [7, 11) is -2.04. The van der Waals surface area contributed by atoms with E-state index in [1.807, 2.05) is 0 Å². The normalized spacial score (nSPS) is 11.4. The van der Waals surface area contributed by atoms with Gasteiger partial charge in [-0.25, -0.2) is 12.8 Å². The largest absolute Gasteiger partial charge is 0.384 e. The highest BCUT2D eigenvalue weighted by molar-refractivity contribution is 9.10. The predicted octanol–water partition coefficient (Wildman–Crippen LogP) is 3.51. The fourth-order valence-electron chi connectivity index (χ4n) is 2.67. The summed E-state index contributed by atoms with van der Waals surface area (Å²) in [6.45, 7) is 0.295. The third-order valence-electron chi connectivity index (χ3n) is 4.27. The minimum atomic E-state index is -3.47. The molecule has 0 aliphatic rings. The van der Waals surface area contributed by atoms with Crippen LogP contribution in [0.3, 0.4) is 0 Å². The van der Waals surface area contributed by atoms with Gasteiger partial charge in [0.05, 0.1) is 28.3 Å². The Hall–Kier alpha value is -2.56. The Balaban J connectivity index is 1.70. The minimum absolute atomic E-state index is 0.0914. The Morgan fingerprint density at radius 3 is 2.57 bits per heavy atom. The van der Waals surface area contributed by atoms with Crippen LogP contribution in [0.1, 0.15) is 15.9 Å². The van der Waals surface area contributed by atoms with Crippen LogP contribution in [0.25, 0.3) is 0 Å². The molecule has 0 saturated heterocycles. The van der Waals surface area contributed by atoms with Crippen molar-refractivity contribution in [3.05, 3.63) is 76.1 Å². The first-order chi connectivity index (χ1) is 14.3. The standard InChI is InChI=1S/C20H19BrFN3O4S/c1-29-10-11-30(27,28)16-8-6-14(7-9-16)20(26)23-19-17(21)13-25(24-19)12-15-4-2-3-5-18(15)22/h2-9,13H,10-12H2,1H3,(H,23,24,26). The van der Waals surface area contributed by atoms with Gasteiger partial charge >= 0.3 is 0 Å². The molecular weight excluding hydrogens is 477 g/mol. The maximum atomic E-state index is 13.8. The average molecular weight is 496 g/mol. The number of anilines is 1. The van der Waals surface area contributed by atoms with Crippen LogP contribution in [0, 0.1) is 5.82 Å². The molecule has 0 aliphatic carbocycles. The van der Waals surface area contributed by atoms with Crippen molar-refractivity contribution < 1.29 is 22.3 Å². The Morgan fingerprint density at radius 1 is 1.20 bits per heavy atom. The molecule has 158 valence electrons. The molecular formula is C20H19BrFN3O4S. The van der Waals surface area contributed by atoms with Crippen LogP contribution < -0.4 is 5.32 Å². The van der Waals surface area contributed by atoms with Gasteiger partial charge in [-0.2, -0.15) is 5.10 Å². The number of halogens is 2. The third-order valence-corrected chi connectivity index (χ3v) is 6.55. The number of aromatic nitrogens is 2. The molecule has 0 unspecified atom stereocenters. The molecule has 0 atom stereocenters. The summed E-state index contributed by atoms with van der Waals surface area (Å²) >= 11 is 3.33. The lowest BCUT2D eigenvalue weighted by Gasteiger charge is -2.06. The number of nitrogens with zero attached hydrogens (tertiary/aromatic N) is 2. The number of nitrogens with one attached hydrogen (secondary N) is 1. The summed E-state index contributed by atoms with van der Waals surface area (Å²) in [5.41, 5.74) is 0.742. The number of carbonyl (C=O) groups excluding carboxylic acids is 1. The van der Waals surface area contributed by atoms with E-state index in [9.17, 15) is 17.6 Å². The highest BCUT2D eigenvalue weighted by Crippen LogP contribution is 2.22. The van der Waals surface area contributed by atoms with Crippen LogP contribution in [-0.4, -0.2) is 43.6 Å². The van der Waals surface area contributed by atoms with Gasteiger partial charge in [-0.3, -0.25) is 9.48 Å². The van der Waals surface area contributed by atoms with Crippen LogP contribution >= 0.6 is 15.9 Å². The van der Waals surface area contributed by atoms with E-state index >= 15 is 0 Å². The van der Waals surface area contributed by atoms with Gasteiger partial charge in [0.2, 0.25) is 0 Å². The molecule has 0 bridgehead atoms. The second-order valence-electron chi connectivity index (χ2n) is 6.40. The quantitative estimate of drug-likeness (QED) is 0.516. The number of amides is 1. The first-order valence-electron chi connectivity index (χ1n) is 8.89. The highest BCUT2D eigenvalue weighted by atomic mass is 79.9. The van der Waals surface area contributed by atoms with E-state index in [1.54, 1.807) is 24.4 Å². The van der Waals surface area contributed by atoms with Crippen molar-refractivity contribution in [2.24, 2.45) is 0 Å². The van der Waals surface area contributed by atoms with Crippen LogP contribution in [-0.2, 0) is 21.1 Å². The summed E-state index contributed by atoms with van der Waals surface area (Å²) < 4.78 is 45.0. The molecule has 0 saturated carbocycles. The van der Waals surface area contributed by atoms with E-state index in [2.05, 4.69) is 26.3 Å². The lowest BCUT2D eigenvalue weighted by atomic mass is 10.2. The molecule has 3 aromatic rings. The fourth-order valence-corrected chi connectivity index (χ4v) is 4.26. The van der Waals surface area contributed by atoms with Crippen LogP contribution in [0.4, 0.5) is 10.2 Å². The molecule has 0 fully saturated rings. The van der Waals surface area contributed by atoms with E-state index in [4.69, 9.17) is 4.74 Å². The lowest BCUT2D eigenvalue weighted by Crippen LogP contribution is -2.14. The number of carbonyl (C=O) groups is 1. The summed E-state index contributed by atoms with van der Waals surface area (Å²) in [4.78, 5) is 12.6. The van der Waals surface area contributed by atoms with Gasteiger partial charge in [-0.05, 0) is 46.3 Å². The monoisotopic (exact) mass is 495 g/mol. The highest BCUT2D eigenvalue weighted by Gasteiger charge is 2.16. The zero-order valence-corrected chi connectivity index (χ0v) is 18.4. The molecule has 30 heavy (non-hydrogen) atoms. The molecule has 0 aliphatic heterocycles. The summed E-state index contributed by atoms with van der Waals surface area (Å²) in [5, 5.41) is 6.92. The molecule has 0 radical (unpaired) electrons. The first-order valence-corrected chi connectivity index (χ1v) is 11.3. The minimum Gasteiger partial charge on any atom is -0.384 e. The lowest BCUT2D eigenvalue weighted by molar-refractivity contribution is 0.102. The van der Waals surface area contributed by atoms with Gasteiger partial charge in [0, 0.05) is 24.4 Å². The smallest absolute Gasteiger partial charge is 0.256 e. The first kappa shape index (κ1) is 22.1. The second kappa shape index (κ2) is 9.50. The molecule has 10 heteroatoms. The molecule has 1 N–H and O–H groups in total. The topological polar surface area (TPSA) is 90.3 Å². The van der Waals surface area contributed by atoms with Crippen LogP contribution in [0.5, 0.6) is 0 Å². The zero-order chi connectivity index (χ0) is 21.7. The summed E-state index contributed by atoms with van der Waals surface area (Å²) in [5.74, 6) is -0.655. The number of rotatable bonds is 8. The number of hydrogen-bond donors (Lipinski definition) is 1. The van der Waals surface area contributed by atoms with E-state index < -0.39 is 15.7 Å². The van der Waals surface area contributed by atoms with E-state index in [1.165, 1.54) is 42.1 Å². The van der Waals surface area contributed by atoms with Gasteiger partial charge in [0.15, 0.2) is 15.7 Å². The molecule has 1 aromatic heterocycles. The molecule has 2 aromatic carbocycles. The fraction of sp³-hybridized carbons (Fsp3) is 0.200. The van der Waals surface area contributed by atoms with Gasteiger partial charge in [-0.15, -0.1) is 0 Å². The van der Waals surface area contributed by atoms with Crippen LogP contribution in [0.15, 0.2) is 64.1 Å². The SMILES string of the molecule is COCCS(=O)(=O)c1ccc(C(=O)Nc2nn(Cc3ccccc3F)cc2Br)cc1. The number of hydrogen-bond acceptors (Lipinski definition) is 5. The van der Waals surface area contributed by atoms with Crippen molar-refractivity contribution in [3.63, 3.8) is 0 Å². The Morgan fingerprint density at radius 2 is 1.90 bits per heavy atom. The zero-order valence-electron chi connectivity index (χ0n) is 16.0. The molecule has 7 nitrogen and oxygen atoms in total. The maximum absolute atomic E-state index is 13.8. The van der Waals surface area contributed by atoms with Crippen molar-refractivity contribution in [2.45, 2.75) is 11.4 Å². The maximum Gasteiger partial charge on any atom is 0.256 e. The predicted molar refractivity (Wildman–Crippen MR) is 114 cm³/mol. The van der Waals surface area contributed by atoms with E-state index in [-0.39, 0.29) is 41.0 Å². The third kappa shape index (κ3) is 5.32. The van der Waals surface area contributed by atoms with Gasteiger partial charge in [0.1, 0.15) is 5.82 Å². The van der Waals surface area contributed by atoms with Crippen molar-refractivity contribution in [3.8, 4) is 0 Å². The van der Waals surface area contributed by atoms with Crippen molar-refractivity contribution in [1.82, 2.24) is 9.78 Å². The van der Waals surface area contributed by atoms with Crippen molar-refractivity contribution in [1.29, 1.82) is 0 Å². The summed E-state index contributed by atoms with van der Waals surface area (Å²) in [6.07, 6.45) is 1.63. The summed E-state index contributed by atoms with van der Waals surface area (Å²) in [6, 6.07) is 12.0. The van der Waals surface area contributed by atoms with Gasteiger partial charge in [0.25, 0.3) is 5.91 Å². The van der Waals surface area contributed by atoms with Crippen LogP contribution in [0.2, 0.25) is 0 Å². The number of ether oxygens (including phenoxy) is 1. The Kier molecular flexibility index (Phi) is 7.01. The average Bonchev–Trinajstić information content (AvgIpc) is 3.07. The molecule has 3 rings (SSSR count). The second-order valence-corrected chi connectivity index (χ2v) is 9.37. The van der Waals surface area contributed by atoms with E-state index in [0.717, 1.165) is 0 Å². The number of benzene rings is 2. The van der Waals surface area contributed by atoms with E-state index in [0.29, 0.717) is 10.0 Å². The van der Waals surface area contributed by atoms with Gasteiger partial charge in [-0.1, -0.05) is 18.2 Å².